The van der Waals surface area contributed by atoms with Crippen LogP contribution in [-0.4, -0.2) is 37.6 Å². The van der Waals surface area contributed by atoms with Crippen LogP contribution in [0, 0.1) is 17.8 Å². The van der Waals surface area contributed by atoms with E-state index in [4.69, 9.17) is 0 Å². The Hall–Kier alpha value is -0.340. The van der Waals surface area contributed by atoms with Crippen molar-refractivity contribution in [2.75, 3.05) is 26.7 Å². The first-order chi connectivity index (χ1) is 6.81. The molecule has 14 heavy (non-hydrogen) atoms. The van der Waals surface area contributed by atoms with Crippen molar-refractivity contribution < 1.29 is 0 Å². The maximum atomic E-state index is 3.70. The molecule has 1 N–H and O–H groups in total. The monoisotopic (exact) mass is 192 g/mol. The fraction of sp³-hybridized carbons (Fsp3) is 0.833. The number of hydrogen-bond donors (Lipinski definition) is 1. The fourth-order valence-corrected chi connectivity index (χ4v) is 3.28. The third kappa shape index (κ3) is 1.51. The van der Waals surface area contributed by atoms with Gasteiger partial charge in [0.25, 0.3) is 0 Å². The molecular weight excluding hydrogens is 172 g/mol. The minimum atomic E-state index is 0.781. The second-order valence-corrected chi connectivity index (χ2v) is 5.37. The average Bonchev–Trinajstić information content (AvgIpc) is 2.71. The quantitative estimate of drug-likeness (QED) is 0.674. The largest absolute Gasteiger partial charge is 0.311 e. The molecule has 78 valence electrons. The second kappa shape index (κ2) is 3.35. The van der Waals surface area contributed by atoms with Crippen molar-refractivity contribution in [2.45, 2.75) is 18.9 Å². The van der Waals surface area contributed by atoms with Crippen LogP contribution in [-0.2, 0) is 0 Å². The first-order valence-corrected chi connectivity index (χ1v) is 5.91. The van der Waals surface area contributed by atoms with E-state index in [0.29, 0.717) is 0 Å². The van der Waals surface area contributed by atoms with E-state index in [2.05, 4.69) is 29.4 Å². The summed E-state index contributed by atoms with van der Waals surface area (Å²) in [5, 5.41) is 3.70. The van der Waals surface area contributed by atoms with Gasteiger partial charge in [0, 0.05) is 19.1 Å². The maximum absolute atomic E-state index is 3.70. The Balaban J connectivity index is 1.43. The van der Waals surface area contributed by atoms with Gasteiger partial charge in [0.1, 0.15) is 0 Å². The molecule has 3 unspecified atom stereocenters. The van der Waals surface area contributed by atoms with Gasteiger partial charge < -0.3 is 10.2 Å². The maximum Gasteiger partial charge on any atom is 0.0322 e. The van der Waals surface area contributed by atoms with Gasteiger partial charge in [0.2, 0.25) is 0 Å². The molecule has 1 saturated carbocycles. The highest BCUT2D eigenvalue weighted by atomic mass is 15.2. The van der Waals surface area contributed by atoms with Gasteiger partial charge >= 0.3 is 0 Å². The first-order valence-electron chi connectivity index (χ1n) is 5.91. The molecule has 2 fully saturated rings. The van der Waals surface area contributed by atoms with Gasteiger partial charge in [-0.25, -0.2) is 0 Å². The predicted octanol–water partition coefficient (Wildman–Crippen LogP) is 1.10. The highest BCUT2D eigenvalue weighted by molar-refractivity contribution is 5.10. The summed E-state index contributed by atoms with van der Waals surface area (Å²) < 4.78 is 0. The zero-order chi connectivity index (χ0) is 9.54. The van der Waals surface area contributed by atoms with Crippen LogP contribution in [0.15, 0.2) is 12.2 Å². The van der Waals surface area contributed by atoms with Crippen molar-refractivity contribution in [1.82, 2.24) is 10.2 Å². The van der Waals surface area contributed by atoms with E-state index in [1.807, 2.05) is 0 Å². The van der Waals surface area contributed by atoms with Gasteiger partial charge in [-0.15, -0.1) is 0 Å². The van der Waals surface area contributed by atoms with E-state index in [-0.39, 0.29) is 0 Å². The zero-order valence-electron chi connectivity index (χ0n) is 8.95. The van der Waals surface area contributed by atoms with Crippen LogP contribution in [0.4, 0.5) is 0 Å². The summed E-state index contributed by atoms with van der Waals surface area (Å²) in [5.74, 6) is 2.78. The molecule has 0 aromatic carbocycles. The van der Waals surface area contributed by atoms with Gasteiger partial charge in [-0.2, -0.15) is 0 Å². The van der Waals surface area contributed by atoms with Crippen LogP contribution in [0.2, 0.25) is 0 Å². The minimum Gasteiger partial charge on any atom is -0.311 e. The highest BCUT2D eigenvalue weighted by Crippen LogP contribution is 2.42. The van der Waals surface area contributed by atoms with Crippen molar-refractivity contribution in [3.8, 4) is 0 Å². The summed E-state index contributed by atoms with van der Waals surface area (Å²) >= 11 is 0. The van der Waals surface area contributed by atoms with Crippen molar-refractivity contribution in [3.63, 3.8) is 0 Å². The third-order valence-corrected chi connectivity index (χ3v) is 4.15. The van der Waals surface area contributed by atoms with E-state index in [1.54, 1.807) is 0 Å². The molecule has 1 aliphatic heterocycles. The lowest BCUT2D eigenvalue weighted by atomic mass is 9.93. The van der Waals surface area contributed by atoms with Gasteiger partial charge in [0.15, 0.2) is 0 Å². The fourth-order valence-electron chi connectivity index (χ4n) is 3.28. The number of fused-ring (bicyclic) bond motifs is 2. The van der Waals surface area contributed by atoms with E-state index < -0.39 is 0 Å². The lowest BCUT2D eigenvalue weighted by Crippen LogP contribution is -2.56. The Labute approximate surface area is 86.4 Å². The number of likely N-dealkylation sites (N-methyl/N-ethyl adjacent to an activating group) is 1. The smallest absolute Gasteiger partial charge is 0.0322 e. The van der Waals surface area contributed by atoms with Crippen LogP contribution in [0.5, 0.6) is 0 Å². The molecule has 2 nitrogen and oxygen atoms in total. The van der Waals surface area contributed by atoms with Crippen LogP contribution in [0.3, 0.4) is 0 Å². The average molecular weight is 192 g/mol. The molecule has 3 atom stereocenters. The van der Waals surface area contributed by atoms with E-state index in [1.165, 1.54) is 32.5 Å². The summed E-state index contributed by atoms with van der Waals surface area (Å²) in [6.45, 7) is 3.75. The second-order valence-electron chi connectivity index (χ2n) is 5.37. The summed E-state index contributed by atoms with van der Waals surface area (Å²) in [6.07, 6.45) is 7.76. The van der Waals surface area contributed by atoms with Crippen molar-refractivity contribution in [2.24, 2.45) is 17.8 Å². The molecule has 1 saturated heterocycles. The van der Waals surface area contributed by atoms with Gasteiger partial charge in [-0.05, 0) is 44.2 Å². The molecule has 0 aromatic rings. The lowest BCUT2D eigenvalue weighted by Gasteiger charge is -2.37. The Morgan fingerprint density at radius 1 is 1.29 bits per heavy atom. The van der Waals surface area contributed by atoms with E-state index >= 15 is 0 Å². The number of nitrogens with one attached hydrogen (secondary N) is 1. The standard InChI is InChI=1S/C12H20N2/c1-14-7-12(8-14)13-6-11-5-9-2-3-10(11)4-9/h2-3,9-13H,4-8H2,1H3. The number of allylic oxidation sites excluding steroid dienone is 2. The van der Waals surface area contributed by atoms with Crippen LogP contribution < -0.4 is 5.32 Å². The SMILES string of the molecule is CN1CC(NCC2CC3C=CC2C3)C1. The topological polar surface area (TPSA) is 15.3 Å². The minimum absolute atomic E-state index is 0.781. The van der Waals surface area contributed by atoms with Gasteiger partial charge in [-0.3, -0.25) is 0 Å². The van der Waals surface area contributed by atoms with Crippen molar-refractivity contribution in [3.05, 3.63) is 12.2 Å². The normalized spacial score (nSPS) is 41.9. The number of hydrogen-bond acceptors (Lipinski definition) is 2. The van der Waals surface area contributed by atoms with Crippen LogP contribution in [0.1, 0.15) is 12.8 Å². The Morgan fingerprint density at radius 3 is 2.71 bits per heavy atom. The molecule has 2 aliphatic carbocycles. The molecule has 0 amide bonds. The summed E-state index contributed by atoms with van der Waals surface area (Å²) in [7, 11) is 2.19. The molecule has 3 rings (SSSR count). The molecule has 0 spiro atoms. The van der Waals surface area contributed by atoms with Gasteiger partial charge in [0.05, 0.1) is 0 Å². The van der Waals surface area contributed by atoms with Crippen molar-refractivity contribution in [1.29, 1.82) is 0 Å². The number of nitrogens with zero attached hydrogens (tertiary/aromatic N) is 1. The molecule has 0 radical (unpaired) electrons. The summed E-state index contributed by atoms with van der Waals surface area (Å²) in [6, 6.07) is 0.781. The van der Waals surface area contributed by atoms with E-state index in [0.717, 1.165) is 23.8 Å². The molecule has 2 heteroatoms. The molecule has 3 aliphatic rings. The Bertz CT molecular complexity index is 243. The molecular formula is C12H20N2. The Kier molecular flexibility index (Phi) is 2.14. The van der Waals surface area contributed by atoms with Crippen LogP contribution in [0.25, 0.3) is 0 Å². The predicted molar refractivity (Wildman–Crippen MR) is 58.1 cm³/mol. The van der Waals surface area contributed by atoms with Gasteiger partial charge in [-0.1, -0.05) is 12.2 Å². The van der Waals surface area contributed by atoms with Crippen molar-refractivity contribution >= 4 is 0 Å². The molecule has 1 heterocycles. The molecule has 0 aromatic heterocycles. The van der Waals surface area contributed by atoms with Crippen LogP contribution >= 0.6 is 0 Å². The number of likely N-dealkylation sites (tertiary alicyclic amines) is 1. The zero-order valence-corrected chi connectivity index (χ0v) is 8.95. The Morgan fingerprint density at radius 2 is 2.14 bits per heavy atom. The highest BCUT2D eigenvalue weighted by Gasteiger charge is 2.36. The third-order valence-electron chi connectivity index (χ3n) is 4.15. The van der Waals surface area contributed by atoms with E-state index in [9.17, 15) is 0 Å². The first kappa shape index (κ1) is 8.93. The number of rotatable bonds is 3. The lowest BCUT2D eigenvalue weighted by molar-refractivity contribution is 0.155. The summed E-state index contributed by atoms with van der Waals surface area (Å²) in [4.78, 5) is 2.37. The summed E-state index contributed by atoms with van der Waals surface area (Å²) in [5.41, 5.74) is 0. The molecule has 2 bridgehead atoms.